The van der Waals surface area contributed by atoms with Crippen LogP contribution in [0.25, 0.3) is 0 Å². The highest BCUT2D eigenvalue weighted by Crippen LogP contribution is 2.34. The Bertz CT molecular complexity index is 490. The van der Waals surface area contributed by atoms with Crippen LogP contribution in [0.2, 0.25) is 0 Å². The highest BCUT2D eigenvalue weighted by Gasteiger charge is 2.37. The van der Waals surface area contributed by atoms with E-state index in [1.165, 1.54) is 5.56 Å². The van der Waals surface area contributed by atoms with Gasteiger partial charge in [0.1, 0.15) is 5.60 Å². The first-order valence-electron chi connectivity index (χ1n) is 7.56. The molecule has 3 nitrogen and oxygen atoms in total. The van der Waals surface area contributed by atoms with Crippen molar-refractivity contribution in [3.8, 4) is 0 Å². The van der Waals surface area contributed by atoms with Crippen LogP contribution in [0, 0.1) is 0 Å². The van der Waals surface area contributed by atoms with E-state index < -0.39 is 5.60 Å². The highest BCUT2D eigenvalue weighted by molar-refractivity contribution is 5.69. The fraction of sp³-hybridized carbons (Fsp3) is 0.500. The Labute approximate surface area is 127 Å². The van der Waals surface area contributed by atoms with Crippen molar-refractivity contribution in [2.75, 3.05) is 6.54 Å². The van der Waals surface area contributed by atoms with Gasteiger partial charge in [0, 0.05) is 18.5 Å². The number of likely N-dealkylation sites (tertiary alicyclic amines) is 1. The zero-order valence-electron chi connectivity index (χ0n) is 13.2. The van der Waals surface area contributed by atoms with Crippen LogP contribution >= 0.6 is 0 Å². The molecule has 1 saturated heterocycles. The van der Waals surface area contributed by atoms with Crippen LogP contribution in [0.5, 0.6) is 0 Å². The third-order valence-corrected chi connectivity index (χ3v) is 3.75. The van der Waals surface area contributed by atoms with Gasteiger partial charge in [-0.25, -0.2) is 4.79 Å². The maximum absolute atomic E-state index is 12.4. The number of hydrogen-bond donors (Lipinski definition) is 0. The van der Waals surface area contributed by atoms with E-state index in [-0.39, 0.29) is 12.1 Å². The minimum Gasteiger partial charge on any atom is -0.444 e. The summed E-state index contributed by atoms with van der Waals surface area (Å²) in [6.07, 6.45) is 3.44. The average Bonchev–Trinajstić information content (AvgIpc) is 2.82. The molecule has 0 aromatic heterocycles. The molecule has 0 saturated carbocycles. The van der Waals surface area contributed by atoms with Crippen molar-refractivity contribution in [1.82, 2.24) is 4.90 Å². The van der Waals surface area contributed by atoms with Crippen molar-refractivity contribution in [2.24, 2.45) is 0 Å². The predicted octanol–water partition coefficient (Wildman–Crippen LogP) is 4.36. The summed E-state index contributed by atoms with van der Waals surface area (Å²) in [6.45, 7) is 10.2. The number of nitrogens with zero attached hydrogens (tertiary/aromatic N) is 1. The molecule has 2 atom stereocenters. The van der Waals surface area contributed by atoms with Gasteiger partial charge >= 0.3 is 6.09 Å². The first-order valence-corrected chi connectivity index (χ1v) is 7.56. The van der Waals surface area contributed by atoms with E-state index in [0.29, 0.717) is 5.92 Å². The Kier molecular flexibility index (Phi) is 4.71. The Balaban J connectivity index is 2.12. The van der Waals surface area contributed by atoms with Crippen molar-refractivity contribution in [3.63, 3.8) is 0 Å². The SMILES string of the molecule is C=CC[C@@H]1C[C@@H](c2ccccc2)CN1C(=O)OC(C)(C)C. The molecular weight excluding hydrogens is 262 g/mol. The van der Waals surface area contributed by atoms with Gasteiger partial charge in [-0.3, -0.25) is 0 Å². The second-order valence-electron chi connectivity index (χ2n) is 6.65. The third-order valence-electron chi connectivity index (χ3n) is 3.75. The van der Waals surface area contributed by atoms with Crippen LogP contribution in [0.15, 0.2) is 43.0 Å². The lowest BCUT2D eigenvalue weighted by Gasteiger charge is -2.28. The van der Waals surface area contributed by atoms with Crippen molar-refractivity contribution in [2.45, 2.75) is 51.2 Å². The summed E-state index contributed by atoms with van der Waals surface area (Å²) in [6, 6.07) is 10.6. The van der Waals surface area contributed by atoms with Gasteiger partial charge in [-0.1, -0.05) is 36.4 Å². The number of carbonyl (C=O) groups excluding carboxylic acids is 1. The van der Waals surface area contributed by atoms with Crippen LogP contribution in [0.1, 0.15) is 45.1 Å². The normalized spacial score (nSPS) is 22.1. The van der Waals surface area contributed by atoms with Crippen LogP contribution < -0.4 is 0 Å². The first-order chi connectivity index (χ1) is 9.90. The predicted molar refractivity (Wildman–Crippen MR) is 85.3 cm³/mol. The summed E-state index contributed by atoms with van der Waals surface area (Å²) < 4.78 is 5.54. The molecule has 114 valence electrons. The summed E-state index contributed by atoms with van der Waals surface area (Å²) in [7, 11) is 0. The highest BCUT2D eigenvalue weighted by atomic mass is 16.6. The van der Waals surface area contributed by atoms with Crippen LogP contribution in [0.4, 0.5) is 4.79 Å². The van der Waals surface area contributed by atoms with Crippen LogP contribution in [-0.2, 0) is 4.74 Å². The fourth-order valence-corrected chi connectivity index (χ4v) is 2.84. The average molecular weight is 287 g/mol. The van der Waals surface area contributed by atoms with Gasteiger partial charge in [0.15, 0.2) is 0 Å². The summed E-state index contributed by atoms with van der Waals surface area (Å²) in [5.41, 5.74) is 0.832. The number of benzene rings is 1. The fourth-order valence-electron chi connectivity index (χ4n) is 2.84. The van der Waals surface area contributed by atoms with Gasteiger partial charge in [-0.2, -0.15) is 0 Å². The Morgan fingerprint density at radius 2 is 2.05 bits per heavy atom. The van der Waals surface area contributed by atoms with Gasteiger partial charge in [0.25, 0.3) is 0 Å². The monoisotopic (exact) mass is 287 g/mol. The summed E-state index contributed by atoms with van der Waals surface area (Å²) in [4.78, 5) is 14.3. The zero-order chi connectivity index (χ0) is 15.5. The van der Waals surface area contributed by atoms with Crippen molar-refractivity contribution < 1.29 is 9.53 Å². The summed E-state index contributed by atoms with van der Waals surface area (Å²) in [5.74, 6) is 0.378. The van der Waals surface area contributed by atoms with E-state index in [9.17, 15) is 4.79 Å². The molecule has 0 unspecified atom stereocenters. The number of rotatable bonds is 3. The molecule has 0 N–H and O–H groups in total. The van der Waals surface area contributed by atoms with Crippen LogP contribution in [0.3, 0.4) is 0 Å². The molecule has 0 aliphatic carbocycles. The Hall–Kier alpha value is -1.77. The maximum Gasteiger partial charge on any atom is 0.410 e. The lowest BCUT2D eigenvalue weighted by Crippen LogP contribution is -2.39. The molecule has 1 aromatic carbocycles. The third kappa shape index (κ3) is 4.10. The maximum atomic E-state index is 12.4. The molecule has 1 amide bonds. The molecule has 0 bridgehead atoms. The van der Waals surface area contributed by atoms with Gasteiger partial charge < -0.3 is 9.64 Å². The molecular formula is C18H25NO2. The second-order valence-corrected chi connectivity index (χ2v) is 6.65. The zero-order valence-corrected chi connectivity index (χ0v) is 13.2. The van der Waals surface area contributed by atoms with E-state index >= 15 is 0 Å². The molecule has 21 heavy (non-hydrogen) atoms. The van der Waals surface area contributed by atoms with Gasteiger partial charge in [0.05, 0.1) is 0 Å². The van der Waals surface area contributed by atoms with E-state index in [1.54, 1.807) is 0 Å². The largest absolute Gasteiger partial charge is 0.444 e. The number of hydrogen-bond acceptors (Lipinski definition) is 2. The molecule has 1 aromatic rings. The molecule has 2 rings (SSSR count). The molecule has 0 radical (unpaired) electrons. The Morgan fingerprint density at radius 1 is 1.38 bits per heavy atom. The minimum atomic E-state index is -0.458. The van der Waals surface area contributed by atoms with Gasteiger partial charge in [0.2, 0.25) is 0 Å². The topological polar surface area (TPSA) is 29.5 Å². The van der Waals surface area contributed by atoms with Crippen molar-refractivity contribution in [3.05, 3.63) is 48.6 Å². The van der Waals surface area contributed by atoms with Crippen molar-refractivity contribution in [1.29, 1.82) is 0 Å². The molecule has 1 fully saturated rings. The number of ether oxygens (including phenoxy) is 1. The Morgan fingerprint density at radius 3 is 2.62 bits per heavy atom. The molecule has 0 spiro atoms. The lowest BCUT2D eigenvalue weighted by atomic mass is 9.96. The molecule has 1 heterocycles. The standard InChI is InChI=1S/C18H25NO2/c1-5-9-16-12-15(14-10-7-6-8-11-14)13-19(16)17(20)21-18(2,3)4/h5-8,10-11,15-16H,1,9,12-13H2,2-4H3/t15-,16-/m1/s1. The molecule has 1 aliphatic heterocycles. The van der Waals surface area contributed by atoms with E-state index in [1.807, 2.05) is 49.9 Å². The smallest absolute Gasteiger partial charge is 0.410 e. The molecule has 1 aliphatic rings. The van der Waals surface area contributed by atoms with E-state index in [0.717, 1.165) is 19.4 Å². The number of carbonyl (C=O) groups is 1. The van der Waals surface area contributed by atoms with Gasteiger partial charge in [-0.15, -0.1) is 6.58 Å². The van der Waals surface area contributed by atoms with Crippen LogP contribution in [-0.4, -0.2) is 29.2 Å². The molecule has 3 heteroatoms. The van der Waals surface area contributed by atoms with Crippen molar-refractivity contribution >= 4 is 6.09 Å². The van der Waals surface area contributed by atoms with E-state index in [4.69, 9.17) is 4.74 Å². The summed E-state index contributed by atoms with van der Waals surface area (Å²) >= 11 is 0. The van der Waals surface area contributed by atoms with Gasteiger partial charge in [-0.05, 0) is 39.2 Å². The lowest BCUT2D eigenvalue weighted by molar-refractivity contribution is 0.0226. The minimum absolute atomic E-state index is 0.183. The quantitative estimate of drug-likeness (QED) is 0.773. The van der Waals surface area contributed by atoms with E-state index in [2.05, 4.69) is 18.7 Å². The first kappa shape index (κ1) is 15.6. The number of amides is 1. The summed E-state index contributed by atoms with van der Waals surface area (Å²) in [5, 5.41) is 0. The second kappa shape index (κ2) is 6.33.